The van der Waals surface area contributed by atoms with Crippen LogP contribution in [-0.4, -0.2) is 36.2 Å². The number of hydrogen-bond donors (Lipinski definition) is 1. The van der Waals surface area contributed by atoms with Crippen molar-refractivity contribution in [2.45, 2.75) is 51.0 Å². The number of likely N-dealkylation sites (tertiary alicyclic amines) is 1. The molecule has 1 heterocycles. The maximum Gasteiger partial charge on any atom is 0.119 e. The zero-order chi connectivity index (χ0) is 21.2. The van der Waals surface area contributed by atoms with Gasteiger partial charge < -0.3 is 14.7 Å². The molecule has 1 aliphatic rings. The number of hydrogen-bond acceptors (Lipinski definition) is 4. The van der Waals surface area contributed by atoms with Gasteiger partial charge in [0.25, 0.3) is 0 Å². The van der Waals surface area contributed by atoms with E-state index in [4.69, 9.17) is 10.00 Å². The van der Waals surface area contributed by atoms with Crippen molar-refractivity contribution >= 4 is 0 Å². The van der Waals surface area contributed by atoms with Gasteiger partial charge in [0.15, 0.2) is 0 Å². The molecular weight excluding hydrogens is 372 g/mol. The Labute approximate surface area is 181 Å². The van der Waals surface area contributed by atoms with Crippen molar-refractivity contribution in [1.82, 2.24) is 4.90 Å². The normalized spacial score (nSPS) is 17.2. The molecule has 1 atom stereocenters. The smallest absolute Gasteiger partial charge is 0.119 e. The molecule has 4 heteroatoms. The lowest BCUT2D eigenvalue weighted by molar-refractivity contribution is -0.0571. The molecule has 0 aromatic heterocycles. The first-order valence-electron chi connectivity index (χ1n) is 11.3. The molecule has 2 aromatic carbocycles. The van der Waals surface area contributed by atoms with Crippen molar-refractivity contribution in [3.05, 3.63) is 65.7 Å². The van der Waals surface area contributed by atoms with E-state index in [1.54, 1.807) is 12.1 Å². The third-order valence-corrected chi connectivity index (χ3v) is 6.32. The topological polar surface area (TPSA) is 56.5 Å². The summed E-state index contributed by atoms with van der Waals surface area (Å²) in [5.41, 5.74) is 1.02. The van der Waals surface area contributed by atoms with Crippen molar-refractivity contribution in [1.29, 1.82) is 5.26 Å². The predicted molar refractivity (Wildman–Crippen MR) is 120 cm³/mol. The lowest BCUT2D eigenvalue weighted by Crippen LogP contribution is -2.44. The molecule has 0 radical (unpaired) electrons. The van der Waals surface area contributed by atoms with Crippen molar-refractivity contribution < 1.29 is 9.84 Å². The molecule has 1 N–H and O–H groups in total. The summed E-state index contributed by atoms with van der Waals surface area (Å²) < 4.78 is 5.80. The quantitative estimate of drug-likeness (QED) is 0.557. The summed E-state index contributed by atoms with van der Waals surface area (Å²) in [6.45, 7) is 5.94. The van der Waals surface area contributed by atoms with Gasteiger partial charge >= 0.3 is 0 Å². The first kappa shape index (κ1) is 22.3. The Kier molecular flexibility index (Phi) is 8.30. The van der Waals surface area contributed by atoms with Crippen LogP contribution in [0.25, 0.3) is 0 Å². The third-order valence-electron chi connectivity index (χ3n) is 6.32. The maximum absolute atomic E-state index is 11.6. The number of piperidine rings is 1. The predicted octanol–water partition coefficient (Wildman–Crippen LogP) is 5.12. The highest BCUT2D eigenvalue weighted by Gasteiger charge is 2.39. The van der Waals surface area contributed by atoms with Crippen LogP contribution in [0.1, 0.15) is 56.6 Å². The Morgan fingerprint density at radius 3 is 2.40 bits per heavy atom. The summed E-state index contributed by atoms with van der Waals surface area (Å²) in [5, 5.41) is 20.5. The van der Waals surface area contributed by atoms with E-state index in [0.29, 0.717) is 18.1 Å². The molecule has 0 spiro atoms. The van der Waals surface area contributed by atoms with E-state index in [9.17, 15) is 5.11 Å². The molecule has 0 saturated carbocycles. The number of aliphatic hydroxyl groups is 1. The molecule has 1 aliphatic heterocycles. The Bertz CT molecular complexity index is 792. The molecule has 0 amide bonds. The van der Waals surface area contributed by atoms with Gasteiger partial charge in [0, 0.05) is 6.54 Å². The van der Waals surface area contributed by atoms with Gasteiger partial charge in [0.05, 0.1) is 23.8 Å². The Balaban J connectivity index is 1.45. The fraction of sp³-hybridized carbons (Fsp3) is 0.500. The fourth-order valence-electron chi connectivity index (χ4n) is 4.50. The zero-order valence-electron chi connectivity index (χ0n) is 18.1. The van der Waals surface area contributed by atoms with E-state index >= 15 is 0 Å². The summed E-state index contributed by atoms with van der Waals surface area (Å²) in [5.74, 6) is 1.13. The van der Waals surface area contributed by atoms with Crippen LogP contribution in [-0.2, 0) is 5.60 Å². The summed E-state index contributed by atoms with van der Waals surface area (Å²) in [7, 11) is 0. The van der Waals surface area contributed by atoms with Crippen molar-refractivity contribution in [2.75, 3.05) is 26.2 Å². The number of ether oxygens (including phenoxy) is 1. The van der Waals surface area contributed by atoms with Crippen LogP contribution in [0.5, 0.6) is 5.75 Å². The third kappa shape index (κ3) is 5.84. The second-order valence-electron chi connectivity index (χ2n) is 8.35. The molecular formula is C26H34N2O2. The number of rotatable bonds is 10. The Morgan fingerprint density at radius 1 is 1.07 bits per heavy atom. The van der Waals surface area contributed by atoms with Crippen LogP contribution < -0.4 is 4.74 Å². The lowest BCUT2D eigenvalue weighted by atomic mass is 9.73. The molecule has 0 aliphatic carbocycles. The van der Waals surface area contributed by atoms with Gasteiger partial charge in [-0.05, 0) is 74.5 Å². The monoisotopic (exact) mass is 406 g/mol. The van der Waals surface area contributed by atoms with Crippen LogP contribution in [0, 0.1) is 17.2 Å². The van der Waals surface area contributed by atoms with Gasteiger partial charge in [-0.3, -0.25) is 0 Å². The lowest BCUT2D eigenvalue weighted by Gasteiger charge is -2.42. The summed E-state index contributed by atoms with van der Waals surface area (Å²) in [6.07, 6.45) is 6.04. The van der Waals surface area contributed by atoms with Gasteiger partial charge in [0.1, 0.15) is 5.75 Å². The highest BCUT2D eigenvalue weighted by Crippen LogP contribution is 2.40. The van der Waals surface area contributed by atoms with E-state index in [-0.39, 0.29) is 0 Å². The van der Waals surface area contributed by atoms with Crippen LogP contribution in [0.2, 0.25) is 0 Å². The average Bonchev–Trinajstić information content (AvgIpc) is 2.81. The minimum atomic E-state index is -0.706. The first-order chi connectivity index (χ1) is 14.7. The molecule has 2 aromatic rings. The maximum atomic E-state index is 11.6. The van der Waals surface area contributed by atoms with Gasteiger partial charge in [-0.15, -0.1) is 0 Å². The Hall–Kier alpha value is -2.35. The van der Waals surface area contributed by atoms with Crippen LogP contribution in [0.4, 0.5) is 0 Å². The van der Waals surface area contributed by atoms with Crippen LogP contribution >= 0.6 is 0 Å². The van der Waals surface area contributed by atoms with E-state index in [1.165, 1.54) is 0 Å². The van der Waals surface area contributed by atoms with Crippen LogP contribution in [0.15, 0.2) is 54.6 Å². The highest BCUT2D eigenvalue weighted by atomic mass is 16.5. The molecule has 160 valence electrons. The summed E-state index contributed by atoms with van der Waals surface area (Å²) in [6, 6.07) is 19.7. The largest absolute Gasteiger partial charge is 0.494 e. The summed E-state index contributed by atoms with van der Waals surface area (Å²) in [4.78, 5) is 2.49. The molecule has 1 unspecified atom stereocenters. The second-order valence-corrected chi connectivity index (χ2v) is 8.35. The van der Waals surface area contributed by atoms with Crippen molar-refractivity contribution in [2.24, 2.45) is 5.92 Å². The summed E-state index contributed by atoms with van der Waals surface area (Å²) >= 11 is 0. The first-order valence-corrected chi connectivity index (χ1v) is 11.3. The molecule has 4 nitrogen and oxygen atoms in total. The fourth-order valence-corrected chi connectivity index (χ4v) is 4.50. The number of unbranched alkanes of at least 4 members (excludes halogenated alkanes) is 1. The average molecular weight is 407 g/mol. The highest BCUT2D eigenvalue weighted by molar-refractivity contribution is 5.34. The molecule has 3 rings (SSSR count). The minimum absolute atomic E-state index is 0.317. The standard InChI is InChI=1S/C26H34N2O2/c1-2-3-16-26(29,23-8-5-4-6-9-23)24-14-18-28(19-15-24)17-7-20-30-25-12-10-22(21-27)11-13-25/h4-6,8-13,24,29H,2-3,7,14-20H2,1H3. The van der Waals surface area contributed by atoms with E-state index in [1.807, 2.05) is 30.3 Å². The minimum Gasteiger partial charge on any atom is -0.494 e. The van der Waals surface area contributed by atoms with Gasteiger partial charge in [0.2, 0.25) is 0 Å². The zero-order valence-corrected chi connectivity index (χ0v) is 18.1. The van der Waals surface area contributed by atoms with Crippen LogP contribution in [0.3, 0.4) is 0 Å². The van der Waals surface area contributed by atoms with E-state index in [0.717, 1.165) is 69.5 Å². The number of nitrogens with zero attached hydrogens (tertiary/aromatic N) is 2. The molecule has 1 saturated heterocycles. The molecule has 0 bridgehead atoms. The SMILES string of the molecule is CCCCC(O)(c1ccccc1)C1CCN(CCCOc2ccc(C#N)cc2)CC1. The van der Waals surface area contributed by atoms with Gasteiger partial charge in [-0.1, -0.05) is 50.1 Å². The van der Waals surface area contributed by atoms with Gasteiger partial charge in [-0.25, -0.2) is 0 Å². The number of nitriles is 1. The van der Waals surface area contributed by atoms with Gasteiger partial charge in [-0.2, -0.15) is 5.26 Å². The Morgan fingerprint density at radius 2 is 1.77 bits per heavy atom. The number of benzene rings is 2. The molecule has 1 fully saturated rings. The van der Waals surface area contributed by atoms with Crippen molar-refractivity contribution in [3.8, 4) is 11.8 Å². The second kappa shape index (κ2) is 11.2. The molecule has 30 heavy (non-hydrogen) atoms. The van der Waals surface area contributed by atoms with E-state index < -0.39 is 5.60 Å². The van der Waals surface area contributed by atoms with Crippen molar-refractivity contribution in [3.63, 3.8) is 0 Å². The van der Waals surface area contributed by atoms with E-state index in [2.05, 4.69) is 30.0 Å².